The van der Waals surface area contributed by atoms with Crippen LogP contribution in [0, 0.1) is 5.92 Å². The van der Waals surface area contributed by atoms with E-state index in [-0.39, 0.29) is 11.8 Å². The molecule has 0 saturated carbocycles. The van der Waals surface area contributed by atoms with Crippen molar-refractivity contribution in [3.63, 3.8) is 0 Å². The van der Waals surface area contributed by atoms with Crippen LogP contribution in [0.2, 0.25) is 0 Å². The standard InChI is InChI=1S/C22H32N6O/c1-26-15-19(14-25-26)13-24-22(29)20-3-2-10-28(17-20)21-6-11-27(12-7-21)16-18-4-8-23-9-5-18/h4-5,8-9,14-15,20-21H,2-3,6-7,10-13,16-17H2,1H3,(H,24,29)/t20-/m0/s1. The van der Waals surface area contributed by atoms with Crippen LogP contribution in [0.5, 0.6) is 0 Å². The van der Waals surface area contributed by atoms with Gasteiger partial charge in [-0.15, -0.1) is 0 Å². The maximum atomic E-state index is 12.7. The second kappa shape index (κ2) is 9.50. The molecule has 2 aromatic rings. The van der Waals surface area contributed by atoms with Crippen molar-refractivity contribution in [3.05, 3.63) is 48.0 Å². The molecular weight excluding hydrogens is 364 g/mol. The summed E-state index contributed by atoms with van der Waals surface area (Å²) < 4.78 is 1.77. The number of pyridine rings is 1. The highest BCUT2D eigenvalue weighted by Crippen LogP contribution is 2.24. The van der Waals surface area contributed by atoms with Gasteiger partial charge >= 0.3 is 0 Å². The van der Waals surface area contributed by atoms with Crippen LogP contribution in [0.25, 0.3) is 0 Å². The van der Waals surface area contributed by atoms with Crippen molar-refractivity contribution in [2.75, 3.05) is 26.2 Å². The molecule has 2 saturated heterocycles. The molecule has 1 amide bonds. The fourth-order valence-electron chi connectivity index (χ4n) is 4.64. The predicted octanol–water partition coefficient (Wildman–Crippen LogP) is 1.81. The summed E-state index contributed by atoms with van der Waals surface area (Å²) in [7, 11) is 1.90. The van der Waals surface area contributed by atoms with Gasteiger partial charge < -0.3 is 5.32 Å². The molecular formula is C22H32N6O. The summed E-state index contributed by atoms with van der Waals surface area (Å²) in [5.74, 6) is 0.295. The number of carbonyl (C=O) groups is 1. The second-order valence-electron chi connectivity index (χ2n) is 8.44. The molecule has 2 aromatic heterocycles. The Morgan fingerprint density at radius 1 is 1.14 bits per heavy atom. The zero-order valence-electron chi connectivity index (χ0n) is 17.3. The van der Waals surface area contributed by atoms with Gasteiger partial charge in [0.15, 0.2) is 0 Å². The van der Waals surface area contributed by atoms with Gasteiger partial charge in [-0.25, -0.2) is 0 Å². The van der Waals surface area contributed by atoms with Crippen molar-refractivity contribution < 1.29 is 4.79 Å². The zero-order chi connectivity index (χ0) is 20.1. The number of rotatable bonds is 6. The van der Waals surface area contributed by atoms with E-state index >= 15 is 0 Å². The quantitative estimate of drug-likeness (QED) is 0.807. The first-order chi connectivity index (χ1) is 14.2. The van der Waals surface area contributed by atoms with Gasteiger partial charge in [-0.1, -0.05) is 0 Å². The monoisotopic (exact) mass is 396 g/mol. The van der Waals surface area contributed by atoms with E-state index in [0.29, 0.717) is 12.6 Å². The Kier molecular flexibility index (Phi) is 6.56. The number of likely N-dealkylation sites (tertiary alicyclic amines) is 2. The second-order valence-corrected chi connectivity index (χ2v) is 8.44. The molecule has 7 nitrogen and oxygen atoms in total. The maximum absolute atomic E-state index is 12.7. The van der Waals surface area contributed by atoms with Crippen LogP contribution in [-0.4, -0.2) is 62.7 Å². The number of nitrogens with zero attached hydrogens (tertiary/aromatic N) is 5. The SMILES string of the molecule is Cn1cc(CNC(=O)[C@H]2CCCN(C3CCN(Cc4ccncc4)CC3)C2)cn1. The maximum Gasteiger partial charge on any atom is 0.224 e. The van der Waals surface area contributed by atoms with Crippen molar-refractivity contribution in [2.24, 2.45) is 13.0 Å². The third-order valence-corrected chi connectivity index (χ3v) is 6.28. The number of hydrogen-bond donors (Lipinski definition) is 1. The molecule has 1 N–H and O–H groups in total. The Morgan fingerprint density at radius 2 is 1.93 bits per heavy atom. The first-order valence-electron chi connectivity index (χ1n) is 10.8. The minimum absolute atomic E-state index is 0.107. The van der Waals surface area contributed by atoms with Gasteiger partial charge in [0.1, 0.15) is 0 Å². The van der Waals surface area contributed by atoms with Crippen LogP contribution in [-0.2, 0) is 24.9 Å². The molecule has 156 valence electrons. The third kappa shape index (κ3) is 5.42. The molecule has 0 spiro atoms. The van der Waals surface area contributed by atoms with Gasteiger partial charge in [-0.3, -0.25) is 24.3 Å². The number of hydrogen-bond acceptors (Lipinski definition) is 5. The highest BCUT2D eigenvalue weighted by molar-refractivity contribution is 5.78. The van der Waals surface area contributed by atoms with Gasteiger partial charge in [0.05, 0.1) is 12.1 Å². The Balaban J connectivity index is 1.23. The number of piperidine rings is 2. The highest BCUT2D eigenvalue weighted by atomic mass is 16.1. The number of aromatic nitrogens is 3. The molecule has 4 heterocycles. The van der Waals surface area contributed by atoms with Crippen molar-refractivity contribution in [2.45, 2.75) is 44.8 Å². The van der Waals surface area contributed by atoms with E-state index in [4.69, 9.17) is 0 Å². The lowest BCUT2D eigenvalue weighted by atomic mass is 9.93. The predicted molar refractivity (Wildman–Crippen MR) is 112 cm³/mol. The number of nitrogens with one attached hydrogen (secondary N) is 1. The molecule has 2 aliphatic heterocycles. The molecule has 29 heavy (non-hydrogen) atoms. The van der Waals surface area contributed by atoms with E-state index < -0.39 is 0 Å². The van der Waals surface area contributed by atoms with Crippen LogP contribution in [0.3, 0.4) is 0 Å². The van der Waals surface area contributed by atoms with Gasteiger partial charge in [-0.2, -0.15) is 5.10 Å². The fraction of sp³-hybridized carbons (Fsp3) is 0.591. The highest BCUT2D eigenvalue weighted by Gasteiger charge is 2.31. The molecule has 0 aliphatic carbocycles. The molecule has 0 aromatic carbocycles. The molecule has 0 bridgehead atoms. The van der Waals surface area contributed by atoms with E-state index in [9.17, 15) is 4.79 Å². The Hall–Kier alpha value is -2.25. The molecule has 4 rings (SSSR count). The topological polar surface area (TPSA) is 66.3 Å². The molecule has 1 atom stereocenters. The van der Waals surface area contributed by atoms with E-state index in [0.717, 1.165) is 51.1 Å². The van der Waals surface area contributed by atoms with Gasteiger partial charge in [0.25, 0.3) is 0 Å². The Labute approximate surface area is 173 Å². The van der Waals surface area contributed by atoms with Crippen LogP contribution in [0.15, 0.2) is 36.9 Å². The normalized spacial score (nSPS) is 21.9. The summed E-state index contributed by atoms with van der Waals surface area (Å²) in [5.41, 5.74) is 2.39. The van der Waals surface area contributed by atoms with Gasteiger partial charge in [0.2, 0.25) is 5.91 Å². The summed E-state index contributed by atoms with van der Waals surface area (Å²) in [6.45, 7) is 5.85. The Bertz CT molecular complexity index is 784. The minimum Gasteiger partial charge on any atom is -0.352 e. The van der Waals surface area contributed by atoms with Crippen molar-refractivity contribution >= 4 is 5.91 Å². The van der Waals surface area contributed by atoms with E-state index in [1.165, 1.54) is 18.4 Å². The summed E-state index contributed by atoms with van der Waals surface area (Å²) in [5, 5.41) is 7.27. The average molecular weight is 397 g/mol. The van der Waals surface area contributed by atoms with Crippen molar-refractivity contribution in [1.29, 1.82) is 0 Å². The summed E-state index contributed by atoms with van der Waals surface area (Å²) >= 11 is 0. The zero-order valence-corrected chi connectivity index (χ0v) is 17.3. The van der Waals surface area contributed by atoms with Crippen molar-refractivity contribution in [3.8, 4) is 0 Å². The van der Waals surface area contributed by atoms with E-state index in [1.807, 2.05) is 31.8 Å². The molecule has 7 heteroatoms. The lowest BCUT2D eigenvalue weighted by Crippen LogP contribution is -2.50. The first-order valence-corrected chi connectivity index (χ1v) is 10.8. The summed E-state index contributed by atoms with van der Waals surface area (Å²) in [4.78, 5) is 21.9. The number of carbonyl (C=O) groups excluding carboxylic acids is 1. The molecule has 0 radical (unpaired) electrons. The van der Waals surface area contributed by atoms with E-state index in [2.05, 4.69) is 37.3 Å². The lowest BCUT2D eigenvalue weighted by Gasteiger charge is -2.42. The third-order valence-electron chi connectivity index (χ3n) is 6.28. The smallest absolute Gasteiger partial charge is 0.224 e. The lowest BCUT2D eigenvalue weighted by molar-refractivity contribution is -0.127. The van der Waals surface area contributed by atoms with Crippen molar-refractivity contribution in [1.82, 2.24) is 29.9 Å². The first kappa shape index (κ1) is 20.0. The molecule has 0 unspecified atom stereocenters. The van der Waals surface area contributed by atoms with Crippen LogP contribution in [0.4, 0.5) is 0 Å². The fourth-order valence-corrected chi connectivity index (χ4v) is 4.64. The Morgan fingerprint density at radius 3 is 2.66 bits per heavy atom. The average Bonchev–Trinajstić information content (AvgIpc) is 3.18. The summed E-state index contributed by atoms with van der Waals surface area (Å²) in [6, 6.07) is 4.81. The largest absolute Gasteiger partial charge is 0.352 e. The van der Waals surface area contributed by atoms with Crippen LogP contribution in [0.1, 0.15) is 36.8 Å². The van der Waals surface area contributed by atoms with Gasteiger partial charge in [0, 0.05) is 56.9 Å². The van der Waals surface area contributed by atoms with E-state index in [1.54, 1.807) is 4.68 Å². The molecule has 2 fully saturated rings. The van der Waals surface area contributed by atoms with Crippen LogP contribution >= 0.6 is 0 Å². The number of amides is 1. The molecule has 2 aliphatic rings. The number of aryl methyl sites for hydroxylation is 1. The van der Waals surface area contributed by atoms with Crippen LogP contribution < -0.4 is 5.32 Å². The minimum atomic E-state index is 0.107. The van der Waals surface area contributed by atoms with Gasteiger partial charge in [-0.05, 0) is 63.0 Å². The summed E-state index contributed by atoms with van der Waals surface area (Å²) in [6.07, 6.45) is 12.0.